The maximum Gasteiger partial charge on any atom is 0.304 e. The second-order valence-corrected chi connectivity index (χ2v) is 5.35. The normalized spacial score (nSPS) is 21.8. The summed E-state index contributed by atoms with van der Waals surface area (Å²) in [7, 11) is 0. The van der Waals surface area contributed by atoms with Crippen LogP contribution in [0.4, 0.5) is 0 Å². The minimum absolute atomic E-state index is 0.182. The third kappa shape index (κ3) is 4.47. The highest BCUT2D eigenvalue weighted by Crippen LogP contribution is 2.09. The first-order valence-electron chi connectivity index (χ1n) is 7.09. The molecule has 2 saturated heterocycles. The summed E-state index contributed by atoms with van der Waals surface area (Å²) < 4.78 is 0. The highest BCUT2D eigenvalue weighted by Gasteiger charge is 2.23. The van der Waals surface area contributed by atoms with E-state index in [2.05, 4.69) is 9.80 Å². The highest BCUT2D eigenvalue weighted by atomic mass is 16.4. The SMILES string of the molecule is O=C(O)CCN1CCN(C(=O)CN2CCCC2)CC1. The van der Waals surface area contributed by atoms with Crippen molar-refractivity contribution in [3.05, 3.63) is 0 Å². The van der Waals surface area contributed by atoms with Gasteiger partial charge in [0.2, 0.25) is 5.91 Å². The summed E-state index contributed by atoms with van der Waals surface area (Å²) in [6.45, 7) is 6.27. The Bertz CT molecular complexity index is 321. The van der Waals surface area contributed by atoms with Crippen LogP contribution in [0, 0.1) is 0 Å². The molecule has 1 amide bonds. The summed E-state index contributed by atoms with van der Waals surface area (Å²) in [5, 5.41) is 8.65. The van der Waals surface area contributed by atoms with E-state index in [1.54, 1.807) is 0 Å². The van der Waals surface area contributed by atoms with Crippen molar-refractivity contribution in [1.29, 1.82) is 0 Å². The van der Waals surface area contributed by atoms with Crippen LogP contribution in [0.15, 0.2) is 0 Å². The number of carboxylic acids is 1. The Labute approximate surface area is 114 Å². The fourth-order valence-electron chi connectivity index (χ4n) is 2.71. The Morgan fingerprint density at radius 2 is 1.53 bits per heavy atom. The molecule has 19 heavy (non-hydrogen) atoms. The van der Waals surface area contributed by atoms with Crippen LogP contribution in [0.3, 0.4) is 0 Å². The fraction of sp³-hybridized carbons (Fsp3) is 0.846. The summed E-state index contributed by atoms with van der Waals surface area (Å²) in [6.07, 6.45) is 2.59. The number of rotatable bonds is 5. The maximum absolute atomic E-state index is 12.1. The lowest BCUT2D eigenvalue weighted by atomic mass is 10.3. The Kier molecular flexibility index (Phi) is 5.15. The Morgan fingerprint density at radius 1 is 0.895 bits per heavy atom. The molecule has 0 aliphatic carbocycles. The van der Waals surface area contributed by atoms with E-state index in [4.69, 9.17) is 5.11 Å². The zero-order valence-corrected chi connectivity index (χ0v) is 11.4. The molecular formula is C13H23N3O3. The molecule has 0 aromatic carbocycles. The van der Waals surface area contributed by atoms with Crippen LogP contribution in [-0.2, 0) is 9.59 Å². The molecule has 6 nitrogen and oxygen atoms in total. The van der Waals surface area contributed by atoms with Gasteiger partial charge in [-0.25, -0.2) is 0 Å². The monoisotopic (exact) mass is 269 g/mol. The number of hydrogen-bond donors (Lipinski definition) is 1. The third-order valence-electron chi connectivity index (χ3n) is 3.92. The second-order valence-electron chi connectivity index (χ2n) is 5.35. The Balaban J connectivity index is 1.67. The van der Waals surface area contributed by atoms with Crippen LogP contribution in [0.25, 0.3) is 0 Å². The van der Waals surface area contributed by atoms with Gasteiger partial charge in [0.05, 0.1) is 13.0 Å². The van der Waals surface area contributed by atoms with E-state index in [9.17, 15) is 9.59 Å². The molecule has 0 bridgehead atoms. The lowest BCUT2D eigenvalue weighted by molar-refractivity contribution is -0.138. The van der Waals surface area contributed by atoms with Crippen molar-refractivity contribution in [1.82, 2.24) is 14.7 Å². The van der Waals surface area contributed by atoms with E-state index in [0.29, 0.717) is 13.1 Å². The molecule has 2 aliphatic heterocycles. The third-order valence-corrected chi connectivity index (χ3v) is 3.92. The summed E-state index contributed by atoms with van der Waals surface area (Å²) >= 11 is 0. The second kappa shape index (κ2) is 6.86. The van der Waals surface area contributed by atoms with E-state index in [1.807, 2.05) is 4.90 Å². The Morgan fingerprint density at radius 3 is 2.11 bits per heavy atom. The van der Waals surface area contributed by atoms with Gasteiger partial charge in [-0.1, -0.05) is 0 Å². The highest BCUT2D eigenvalue weighted by molar-refractivity contribution is 5.78. The van der Waals surface area contributed by atoms with Crippen LogP contribution in [0.2, 0.25) is 0 Å². The number of likely N-dealkylation sites (tertiary alicyclic amines) is 1. The number of carbonyl (C=O) groups is 2. The van der Waals surface area contributed by atoms with Crippen molar-refractivity contribution in [2.24, 2.45) is 0 Å². The molecule has 0 aromatic rings. The molecule has 0 saturated carbocycles. The van der Waals surface area contributed by atoms with Gasteiger partial charge in [0.15, 0.2) is 0 Å². The average molecular weight is 269 g/mol. The molecule has 2 heterocycles. The molecule has 0 spiro atoms. The van der Waals surface area contributed by atoms with Crippen molar-refractivity contribution in [2.75, 3.05) is 52.4 Å². The van der Waals surface area contributed by atoms with Gasteiger partial charge in [-0.3, -0.25) is 19.4 Å². The molecule has 1 N–H and O–H groups in total. The van der Waals surface area contributed by atoms with Gasteiger partial charge in [0, 0.05) is 32.7 Å². The number of carbonyl (C=O) groups excluding carboxylic acids is 1. The standard InChI is InChI=1S/C13H23N3O3/c17-12(11-15-4-1-2-5-15)16-9-7-14(8-10-16)6-3-13(18)19/h1-11H2,(H,18,19). The van der Waals surface area contributed by atoms with E-state index in [1.165, 1.54) is 12.8 Å². The summed E-state index contributed by atoms with van der Waals surface area (Å²) in [4.78, 5) is 28.9. The van der Waals surface area contributed by atoms with Crippen molar-refractivity contribution in [2.45, 2.75) is 19.3 Å². The van der Waals surface area contributed by atoms with Gasteiger partial charge in [0.1, 0.15) is 0 Å². The van der Waals surface area contributed by atoms with Gasteiger partial charge in [-0.05, 0) is 25.9 Å². The van der Waals surface area contributed by atoms with Crippen LogP contribution >= 0.6 is 0 Å². The van der Waals surface area contributed by atoms with Gasteiger partial charge in [0.25, 0.3) is 0 Å². The van der Waals surface area contributed by atoms with Crippen LogP contribution in [-0.4, -0.2) is 84.0 Å². The predicted molar refractivity (Wildman–Crippen MR) is 70.9 cm³/mol. The Hall–Kier alpha value is -1.14. The van der Waals surface area contributed by atoms with Crippen molar-refractivity contribution >= 4 is 11.9 Å². The first kappa shape index (κ1) is 14.3. The number of nitrogens with zero attached hydrogens (tertiary/aromatic N) is 3. The summed E-state index contributed by atoms with van der Waals surface area (Å²) in [5.74, 6) is -0.535. The van der Waals surface area contributed by atoms with E-state index >= 15 is 0 Å². The number of carboxylic acid groups (broad SMARTS) is 1. The summed E-state index contributed by atoms with van der Waals surface area (Å²) in [5.41, 5.74) is 0. The zero-order chi connectivity index (χ0) is 13.7. The molecule has 2 fully saturated rings. The summed E-state index contributed by atoms with van der Waals surface area (Å²) in [6, 6.07) is 0. The largest absolute Gasteiger partial charge is 0.481 e. The van der Waals surface area contributed by atoms with E-state index < -0.39 is 5.97 Å². The van der Waals surface area contributed by atoms with E-state index in [-0.39, 0.29) is 12.3 Å². The van der Waals surface area contributed by atoms with Crippen LogP contribution in [0.1, 0.15) is 19.3 Å². The molecule has 2 aliphatic rings. The van der Waals surface area contributed by atoms with Crippen LogP contribution in [0.5, 0.6) is 0 Å². The van der Waals surface area contributed by atoms with E-state index in [0.717, 1.165) is 39.3 Å². The minimum atomic E-state index is -0.757. The molecule has 0 radical (unpaired) electrons. The van der Waals surface area contributed by atoms with Crippen molar-refractivity contribution in [3.8, 4) is 0 Å². The number of hydrogen-bond acceptors (Lipinski definition) is 4. The lowest BCUT2D eigenvalue weighted by Gasteiger charge is -2.35. The number of piperazine rings is 1. The molecule has 0 aromatic heterocycles. The van der Waals surface area contributed by atoms with Gasteiger partial charge < -0.3 is 10.0 Å². The topological polar surface area (TPSA) is 64.1 Å². The first-order valence-corrected chi connectivity index (χ1v) is 7.09. The van der Waals surface area contributed by atoms with Gasteiger partial charge in [-0.15, -0.1) is 0 Å². The predicted octanol–water partition coefficient (Wildman–Crippen LogP) is -0.299. The van der Waals surface area contributed by atoms with Gasteiger partial charge >= 0.3 is 5.97 Å². The average Bonchev–Trinajstić information content (AvgIpc) is 2.89. The molecule has 0 atom stereocenters. The fourth-order valence-corrected chi connectivity index (χ4v) is 2.71. The number of aliphatic carboxylic acids is 1. The molecular weight excluding hydrogens is 246 g/mol. The quantitative estimate of drug-likeness (QED) is 0.742. The minimum Gasteiger partial charge on any atom is -0.481 e. The van der Waals surface area contributed by atoms with Gasteiger partial charge in [-0.2, -0.15) is 0 Å². The smallest absolute Gasteiger partial charge is 0.304 e. The lowest BCUT2D eigenvalue weighted by Crippen LogP contribution is -2.51. The molecule has 2 rings (SSSR count). The van der Waals surface area contributed by atoms with Crippen LogP contribution < -0.4 is 0 Å². The molecule has 0 unspecified atom stereocenters. The van der Waals surface area contributed by atoms with Crippen molar-refractivity contribution < 1.29 is 14.7 Å². The zero-order valence-electron chi connectivity index (χ0n) is 11.4. The molecule has 6 heteroatoms. The first-order chi connectivity index (χ1) is 9.15. The maximum atomic E-state index is 12.1. The number of amides is 1. The molecule has 108 valence electrons. The van der Waals surface area contributed by atoms with Crippen molar-refractivity contribution in [3.63, 3.8) is 0 Å².